The molecule has 0 saturated carbocycles. The number of urea groups is 1. The largest absolute Gasteiger partial charge is 0.452 e. The minimum atomic E-state index is -3.63. The van der Waals surface area contributed by atoms with Crippen LogP contribution in [-0.4, -0.2) is 55.9 Å². The molecule has 1 aliphatic heterocycles. The first kappa shape index (κ1) is 22.8. The lowest BCUT2D eigenvalue weighted by Crippen LogP contribution is -2.44. The van der Waals surface area contributed by atoms with Crippen LogP contribution in [0.25, 0.3) is 0 Å². The molecule has 29 heavy (non-hydrogen) atoms. The van der Waals surface area contributed by atoms with Crippen LogP contribution in [0.15, 0.2) is 29.2 Å². The van der Waals surface area contributed by atoms with Crippen molar-refractivity contribution < 1.29 is 27.5 Å². The third kappa shape index (κ3) is 6.26. The Kier molecular flexibility index (Phi) is 7.74. The Hall–Kier alpha value is -2.46. The molecule has 1 fully saturated rings. The summed E-state index contributed by atoms with van der Waals surface area (Å²) >= 11 is 0. The number of benzene rings is 1. The summed E-state index contributed by atoms with van der Waals surface area (Å²) < 4.78 is 31.9. The summed E-state index contributed by atoms with van der Waals surface area (Å²) in [5.74, 6) is -1.56. The Bertz CT molecular complexity index is 851. The number of nitrogens with one attached hydrogen (secondary N) is 2. The summed E-state index contributed by atoms with van der Waals surface area (Å²) in [6.45, 7) is 5.21. The van der Waals surface area contributed by atoms with E-state index in [1.54, 1.807) is 13.8 Å². The third-order valence-electron chi connectivity index (χ3n) is 4.45. The number of carbonyl (C=O) groups excluding carboxylic acids is 3. The fourth-order valence-electron chi connectivity index (χ4n) is 3.00. The maximum atomic E-state index is 12.8. The first-order valence-corrected chi connectivity index (χ1v) is 10.9. The van der Waals surface area contributed by atoms with Crippen molar-refractivity contribution in [2.24, 2.45) is 0 Å². The lowest BCUT2D eigenvalue weighted by molar-refractivity contribution is -0.123. The molecule has 1 aromatic carbocycles. The van der Waals surface area contributed by atoms with Crippen molar-refractivity contribution >= 4 is 27.9 Å². The van der Waals surface area contributed by atoms with Crippen LogP contribution in [0, 0.1) is 0 Å². The maximum absolute atomic E-state index is 12.8. The highest BCUT2D eigenvalue weighted by Gasteiger charge is 2.31. The summed E-state index contributed by atoms with van der Waals surface area (Å²) in [6, 6.07) is 4.49. The first-order chi connectivity index (χ1) is 13.6. The number of piperidine rings is 1. The molecule has 2 rings (SSSR count). The molecule has 160 valence electrons. The quantitative estimate of drug-likeness (QED) is 0.668. The molecule has 0 spiro atoms. The monoisotopic (exact) mass is 425 g/mol. The third-order valence-corrected chi connectivity index (χ3v) is 6.47. The van der Waals surface area contributed by atoms with E-state index in [0.717, 1.165) is 19.3 Å². The fraction of sp³-hybridized carbons (Fsp3) is 0.526. The second kappa shape index (κ2) is 9.84. The summed E-state index contributed by atoms with van der Waals surface area (Å²) in [7, 11) is -3.63. The number of rotatable bonds is 6. The van der Waals surface area contributed by atoms with Gasteiger partial charge in [-0.1, -0.05) is 6.42 Å². The molecule has 9 nitrogen and oxygen atoms in total. The van der Waals surface area contributed by atoms with Crippen LogP contribution in [0.5, 0.6) is 0 Å². The molecular formula is C19H27N3O6S. The summed E-state index contributed by atoms with van der Waals surface area (Å²) in [6.07, 6.45) is 2.65. The molecule has 10 heteroatoms. The number of sulfonamides is 1. The Morgan fingerprint density at radius 3 is 2.41 bits per heavy atom. The van der Waals surface area contributed by atoms with Gasteiger partial charge in [-0.15, -0.1) is 0 Å². The second-order valence-electron chi connectivity index (χ2n) is 7.24. The van der Waals surface area contributed by atoms with Gasteiger partial charge in [0.05, 0.1) is 10.5 Å². The number of amides is 3. The van der Waals surface area contributed by atoms with E-state index in [1.807, 2.05) is 12.2 Å². The van der Waals surface area contributed by atoms with E-state index >= 15 is 0 Å². The first-order valence-electron chi connectivity index (χ1n) is 9.50. The number of carbonyl (C=O) groups is 3. The summed E-state index contributed by atoms with van der Waals surface area (Å²) in [4.78, 5) is 35.2. The number of esters is 1. The molecule has 0 aliphatic carbocycles. The highest BCUT2D eigenvalue weighted by molar-refractivity contribution is 7.89. The molecule has 2 N–H and O–H groups in total. The highest BCUT2D eigenvalue weighted by Crippen LogP contribution is 2.25. The van der Waals surface area contributed by atoms with Crippen molar-refractivity contribution in [1.82, 2.24) is 14.9 Å². The molecular weight excluding hydrogens is 398 g/mol. The Morgan fingerprint density at radius 1 is 1.17 bits per heavy atom. The SMILES string of the molecule is CC(C)NC(=O)NC(=O)COC(=O)c1ccc(S(=O)(=O)N2CCCC[C@@H]2C)cc1. The maximum Gasteiger partial charge on any atom is 0.338 e. The number of hydrogen-bond donors (Lipinski definition) is 2. The van der Waals surface area contributed by atoms with Crippen molar-refractivity contribution in [3.05, 3.63) is 29.8 Å². The van der Waals surface area contributed by atoms with Gasteiger partial charge in [0, 0.05) is 18.6 Å². The van der Waals surface area contributed by atoms with Gasteiger partial charge in [0.1, 0.15) is 0 Å². The summed E-state index contributed by atoms with van der Waals surface area (Å²) in [5.41, 5.74) is 0.107. The van der Waals surface area contributed by atoms with Crippen LogP contribution in [-0.2, 0) is 19.6 Å². The minimum absolute atomic E-state index is 0.0650. The van der Waals surface area contributed by atoms with E-state index in [1.165, 1.54) is 28.6 Å². The summed E-state index contributed by atoms with van der Waals surface area (Å²) in [5, 5.41) is 4.51. The zero-order chi connectivity index (χ0) is 21.6. The van der Waals surface area contributed by atoms with E-state index < -0.39 is 34.5 Å². The van der Waals surface area contributed by atoms with Crippen LogP contribution in [0.2, 0.25) is 0 Å². The molecule has 0 unspecified atom stereocenters. The Labute approximate surface area is 170 Å². The molecule has 1 aliphatic rings. The lowest BCUT2D eigenvalue weighted by atomic mass is 10.1. The van der Waals surface area contributed by atoms with Crippen molar-refractivity contribution in [2.45, 2.75) is 57.0 Å². The van der Waals surface area contributed by atoms with Gasteiger partial charge in [0.15, 0.2) is 6.61 Å². The average Bonchev–Trinajstić information content (AvgIpc) is 2.65. The fourth-order valence-corrected chi connectivity index (χ4v) is 4.70. The van der Waals surface area contributed by atoms with Gasteiger partial charge >= 0.3 is 12.0 Å². The van der Waals surface area contributed by atoms with E-state index in [0.29, 0.717) is 6.54 Å². The molecule has 0 bridgehead atoms. The van der Waals surface area contributed by atoms with Crippen molar-refractivity contribution in [3.63, 3.8) is 0 Å². The standard InChI is InChI=1S/C19H27N3O6S/c1-13(2)20-19(25)21-17(23)12-28-18(24)15-7-9-16(10-8-15)29(26,27)22-11-5-4-6-14(22)3/h7-10,13-14H,4-6,11-12H2,1-3H3,(H2,20,21,23,25)/t14-/m0/s1. The predicted octanol–water partition coefficient (Wildman–Crippen LogP) is 1.64. The van der Waals surface area contributed by atoms with Crippen LogP contribution < -0.4 is 10.6 Å². The van der Waals surface area contributed by atoms with E-state index in [-0.39, 0.29) is 22.5 Å². The van der Waals surface area contributed by atoms with E-state index in [9.17, 15) is 22.8 Å². The van der Waals surface area contributed by atoms with Gasteiger partial charge in [0.25, 0.3) is 5.91 Å². The molecule has 1 heterocycles. The van der Waals surface area contributed by atoms with Gasteiger partial charge in [-0.3, -0.25) is 10.1 Å². The van der Waals surface area contributed by atoms with Crippen LogP contribution >= 0.6 is 0 Å². The highest BCUT2D eigenvalue weighted by atomic mass is 32.2. The Morgan fingerprint density at radius 2 is 1.83 bits per heavy atom. The van der Waals surface area contributed by atoms with E-state index in [4.69, 9.17) is 4.74 Å². The van der Waals surface area contributed by atoms with Gasteiger partial charge in [-0.25, -0.2) is 18.0 Å². The number of imide groups is 1. The van der Waals surface area contributed by atoms with Gasteiger partial charge in [-0.05, 0) is 57.9 Å². The minimum Gasteiger partial charge on any atom is -0.452 e. The van der Waals surface area contributed by atoms with Crippen molar-refractivity contribution in [3.8, 4) is 0 Å². The van der Waals surface area contributed by atoms with Crippen LogP contribution in [0.4, 0.5) is 4.79 Å². The smallest absolute Gasteiger partial charge is 0.338 e. The lowest BCUT2D eigenvalue weighted by Gasteiger charge is -2.32. The van der Waals surface area contributed by atoms with Gasteiger partial charge in [0.2, 0.25) is 10.0 Å². The number of ether oxygens (including phenoxy) is 1. The average molecular weight is 426 g/mol. The topological polar surface area (TPSA) is 122 Å². The zero-order valence-corrected chi connectivity index (χ0v) is 17.6. The zero-order valence-electron chi connectivity index (χ0n) is 16.8. The molecule has 1 aromatic rings. The van der Waals surface area contributed by atoms with Gasteiger partial charge in [-0.2, -0.15) is 4.31 Å². The van der Waals surface area contributed by atoms with Crippen molar-refractivity contribution in [2.75, 3.05) is 13.2 Å². The second-order valence-corrected chi connectivity index (χ2v) is 9.13. The molecule has 0 aromatic heterocycles. The molecule has 0 radical (unpaired) electrons. The Balaban J connectivity index is 1.94. The van der Waals surface area contributed by atoms with Crippen LogP contribution in [0.1, 0.15) is 50.4 Å². The molecule has 1 saturated heterocycles. The predicted molar refractivity (Wildman–Crippen MR) is 106 cm³/mol. The normalized spacial score (nSPS) is 17.6. The number of hydrogen-bond acceptors (Lipinski definition) is 6. The van der Waals surface area contributed by atoms with Crippen molar-refractivity contribution in [1.29, 1.82) is 0 Å². The molecule has 3 amide bonds. The van der Waals surface area contributed by atoms with Gasteiger partial charge < -0.3 is 10.1 Å². The van der Waals surface area contributed by atoms with E-state index in [2.05, 4.69) is 5.32 Å². The van der Waals surface area contributed by atoms with Crippen LogP contribution in [0.3, 0.4) is 0 Å². The molecule has 1 atom stereocenters. The number of nitrogens with zero attached hydrogens (tertiary/aromatic N) is 1.